The number of alkyl halides is 1. The largest absolute Gasteiger partial charge is 0.462 e. The number of benzene rings is 1. The van der Waals surface area contributed by atoms with Gasteiger partial charge in [0.2, 0.25) is 0 Å². The van der Waals surface area contributed by atoms with Crippen molar-refractivity contribution in [3.8, 4) is 6.07 Å². The van der Waals surface area contributed by atoms with Crippen LogP contribution in [0.15, 0.2) is 12.1 Å². The molecule has 1 rings (SSSR count). The smallest absolute Gasteiger partial charge is 0.339 e. The molecule has 1 aromatic carbocycles. The van der Waals surface area contributed by atoms with Gasteiger partial charge in [-0.2, -0.15) is 5.26 Å². The molecular weight excluding hydrogens is 260 g/mol. The Hall–Kier alpha value is -2.13. The fourth-order valence-corrected chi connectivity index (χ4v) is 1.59. The lowest BCUT2D eigenvalue weighted by molar-refractivity contribution is -0.385. The van der Waals surface area contributed by atoms with Gasteiger partial charge in [0.1, 0.15) is 6.07 Å². The molecule has 0 aliphatic rings. The average molecular weight is 269 g/mol. The maximum absolute atomic E-state index is 11.6. The fourth-order valence-electron chi connectivity index (χ4n) is 1.38. The molecule has 0 saturated heterocycles. The highest BCUT2D eigenvalue weighted by Gasteiger charge is 2.21. The highest BCUT2D eigenvalue weighted by molar-refractivity contribution is 6.17. The number of nitriles is 1. The Morgan fingerprint density at radius 2 is 2.28 bits per heavy atom. The molecule has 0 bridgehead atoms. The number of nitro groups is 1. The summed E-state index contributed by atoms with van der Waals surface area (Å²) in [7, 11) is 0. The van der Waals surface area contributed by atoms with Gasteiger partial charge in [-0.25, -0.2) is 4.79 Å². The monoisotopic (exact) mass is 268 g/mol. The van der Waals surface area contributed by atoms with Gasteiger partial charge in [-0.3, -0.25) is 10.1 Å². The van der Waals surface area contributed by atoms with E-state index in [2.05, 4.69) is 0 Å². The molecule has 7 heteroatoms. The van der Waals surface area contributed by atoms with Crippen LogP contribution in [0.4, 0.5) is 5.69 Å². The van der Waals surface area contributed by atoms with Crippen LogP contribution in [0.25, 0.3) is 0 Å². The number of carbonyl (C=O) groups excluding carboxylic acids is 1. The van der Waals surface area contributed by atoms with E-state index in [0.29, 0.717) is 0 Å². The Morgan fingerprint density at radius 3 is 2.72 bits per heavy atom. The molecule has 0 fully saturated rings. The Morgan fingerprint density at radius 1 is 1.61 bits per heavy atom. The average Bonchev–Trinajstić information content (AvgIpc) is 2.37. The lowest BCUT2D eigenvalue weighted by Crippen LogP contribution is -2.09. The summed E-state index contributed by atoms with van der Waals surface area (Å²) in [5.74, 6) is -0.829. The molecule has 0 atom stereocenters. The minimum absolute atomic E-state index is 0.0133. The van der Waals surface area contributed by atoms with Gasteiger partial charge in [0.05, 0.1) is 28.5 Å². The van der Waals surface area contributed by atoms with E-state index in [4.69, 9.17) is 21.6 Å². The number of rotatable bonds is 4. The summed E-state index contributed by atoms with van der Waals surface area (Å²) < 4.78 is 4.77. The molecule has 0 spiro atoms. The number of nitrogens with zero attached hydrogens (tertiary/aromatic N) is 2. The van der Waals surface area contributed by atoms with Crippen LogP contribution in [0.3, 0.4) is 0 Å². The van der Waals surface area contributed by atoms with E-state index in [0.717, 1.165) is 6.07 Å². The second kappa shape index (κ2) is 5.98. The summed E-state index contributed by atoms with van der Waals surface area (Å²) in [4.78, 5) is 21.7. The maximum Gasteiger partial charge on any atom is 0.339 e. The number of hydrogen-bond donors (Lipinski definition) is 0. The quantitative estimate of drug-likeness (QED) is 0.362. The van der Waals surface area contributed by atoms with E-state index in [1.165, 1.54) is 6.07 Å². The van der Waals surface area contributed by atoms with Crippen molar-refractivity contribution in [1.29, 1.82) is 5.26 Å². The lowest BCUT2D eigenvalue weighted by atomic mass is 10.0. The number of esters is 1. The molecule has 0 radical (unpaired) electrons. The zero-order chi connectivity index (χ0) is 13.7. The van der Waals surface area contributed by atoms with Crippen molar-refractivity contribution in [2.75, 3.05) is 6.61 Å². The SMILES string of the molecule is CCOC(=O)c1cc(CCl)c([N+](=O)[O-])cc1C#N. The highest BCUT2D eigenvalue weighted by Crippen LogP contribution is 2.25. The number of halogens is 1. The summed E-state index contributed by atoms with van der Waals surface area (Å²) in [6, 6.07) is 3.99. The molecule has 0 saturated carbocycles. The summed E-state index contributed by atoms with van der Waals surface area (Å²) >= 11 is 5.59. The van der Waals surface area contributed by atoms with Crippen molar-refractivity contribution in [2.45, 2.75) is 12.8 Å². The van der Waals surface area contributed by atoms with E-state index in [-0.39, 0.29) is 34.9 Å². The number of hydrogen-bond acceptors (Lipinski definition) is 5. The predicted molar refractivity (Wildman–Crippen MR) is 63.3 cm³/mol. The Balaban J connectivity index is 3.41. The van der Waals surface area contributed by atoms with Gasteiger partial charge >= 0.3 is 5.97 Å². The first-order valence-corrected chi connectivity index (χ1v) is 5.53. The molecule has 1 aromatic rings. The van der Waals surface area contributed by atoms with Gasteiger partial charge in [0.15, 0.2) is 0 Å². The zero-order valence-electron chi connectivity index (χ0n) is 9.47. The van der Waals surface area contributed by atoms with Crippen molar-refractivity contribution in [1.82, 2.24) is 0 Å². The maximum atomic E-state index is 11.6. The van der Waals surface area contributed by atoms with Crippen LogP contribution in [0, 0.1) is 21.4 Å². The molecule has 0 amide bonds. The number of nitro benzene ring substituents is 1. The molecule has 6 nitrogen and oxygen atoms in total. The van der Waals surface area contributed by atoms with Gasteiger partial charge < -0.3 is 4.74 Å². The van der Waals surface area contributed by atoms with Gasteiger partial charge in [0.25, 0.3) is 5.69 Å². The van der Waals surface area contributed by atoms with Crippen molar-refractivity contribution in [2.24, 2.45) is 0 Å². The molecule has 0 unspecified atom stereocenters. The molecule has 94 valence electrons. The van der Waals surface area contributed by atoms with Crippen molar-refractivity contribution in [3.63, 3.8) is 0 Å². The first kappa shape index (κ1) is 13.9. The minimum atomic E-state index is -0.699. The van der Waals surface area contributed by atoms with Crippen LogP contribution in [-0.2, 0) is 10.6 Å². The van der Waals surface area contributed by atoms with Gasteiger partial charge in [-0.1, -0.05) is 0 Å². The van der Waals surface area contributed by atoms with E-state index >= 15 is 0 Å². The second-order valence-corrected chi connectivity index (χ2v) is 3.52. The summed E-state index contributed by atoms with van der Waals surface area (Å²) in [5.41, 5.74) is -0.229. The van der Waals surface area contributed by atoms with Crippen molar-refractivity contribution >= 4 is 23.3 Å². The third-order valence-corrected chi connectivity index (χ3v) is 2.46. The van der Waals surface area contributed by atoms with Crippen LogP contribution in [0.2, 0.25) is 0 Å². The highest BCUT2D eigenvalue weighted by atomic mass is 35.5. The first-order chi connectivity index (χ1) is 8.54. The normalized spacial score (nSPS) is 9.61. The summed E-state index contributed by atoms with van der Waals surface area (Å²) in [6.45, 7) is 1.77. The summed E-state index contributed by atoms with van der Waals surface area (Å²) in [5, 5.41) is 19.7. The lowest BCUT2D eigenvalue weighted by Gasteiger charge is -2.06. The molecule has 0 aliphatic heterocycles. The predicted octanol–water partition coefficient (Wildman–Crippen LogP) is 2.38. The second-order valence-electron chi connectivity index (χ2n) is 3.25. The summed E-state index contributed by atoms with van der Waals surface area (Å²) in [6.07, 6.45) is 0. The van der Waals surface area contributed by atoms with E-state index in [9.17, 15) is 14.9 Å². The van der Waals surface area contributed by atoms with Crippen molar-refractivity contribution in [3.05, 3.63) is 38.9 Å². The Labute approximate surface area is 108 Å². The van der Waals surface area contributed by atoms with E-state index in [1.807, 2.05) is 0 Å². The third kappa shape index (κ3) is 2.76. The number of ether oxygens (including phenoxy) is 1. The standard InChI is InChI=1S/C11H9ClN2O4/c1-2-18-11(15)9-3-7(5-12)10(14(16)17)4-8(9)6-13/h3-4H,2,5H2,1H3. The van der Waals surface area contributed by atoms with Gasteiger partial charge in [-0.15, -0.1) is 11.6 Å². The molecule has 0 heterocycles. The van der Waals surface area contributed by atoms with Crippen LogP contribution >= 0.6 is 11.6 Å². The van der Waals surface area contributed by atoms with Crippen LogP contribution in [0.1, 0.15) is 28.4 Å². The molecule has 18 heavy (non-hydrogen) atoms. The van der Waals surface area contributed by atoms with E-state index < -0.39 is 10.9 Å². The first-order valence-electron chi connectivity index (χ1n) is 4.99. The minimum Gasteiger partial charge on any atom is -0.462 e. The van der Waals surface area contributed by atoms with Crippen molar-refractivity contribution < 1.29 is 14.5 Å². The van der Waals surface area contributed by atoms with Crippen LogP contribution in [0.5, 0.6) is 0 Å². The third-order valence-electron chi connectivity index (χ3n) is 2.18. The molecule has 0 aliphatic carbocycles. The zero-order valence-corrected chi connectivity index (χ0v) is 10.2. The molecular formula is C11H9ClN2O4. The van der Waals surface area contributed by atoms with Crippen LogP contribution < -0.4 is 0 Å². The van der Waals surface area contributed by atoms with Gasteiger partial charge in [-0.05, 0) is 13.0 Å². The fraction of sp³-hybridized carbons (Fsp3) is 0.273. The Bertz CT molecular complexity index is 537. The topological polar surface area (TPSA) is 93.2 Å². The molecule has 0 N–H and O–H groups in total. The molecule has 0 aromatic heterocycles. The van der Waals surface area contributed by atoms with Gasteiger partial charge in [0, 0.05) is 11.6 Å². The Kier molecular flexibility index (Phi) is 4.63. The number of carbonyl (C=O) groups is 1. The van der Waals surface area contributed by atoms with Crippen LogP contribution in [-0.4, -0.2) is 17.5 Å². The van der Waals surface area contributed by atoms with E-state index in [1.54, 1.807) is 13.0 Å².